The number of amides is 1. The molecule has 1 aromatic heterocycles. The lowest BCUT2D eigenvalue weighted by atomic mass is 10.2. The largest absolute Gasteiger partial charge is 0.478 e. The highest BCUT2D eigenvalue weighted by Gasteiger charge is 2.16. The predicted molar refractivity (Wildman–Crippen MR) is 106 cm³/mol. The second kappa shape index (κ2) is 9.19. The van der Waals surface area contributed by atoms with Crippen molar-refractivity contribution in [2.45, 2.75) is 36.2 Å². The van der Waals surface area contributed by atoms with Crippen LogP contribution in [0.5, 0.6) is 0 Å². The van der Waals surface area contributed by atoms with Gasteiger partial charge in [0.1, 0.15) is 11.3 Å². The van der Waals surface area contributed by atoms with Crippen LogP contribution in [0.3, 0.4) is 0 Å². The first kappa shape index (κ1) is 20.5. The van der Waals surface area contributed by atoms with Gasteiger partial charge in [-0.3, -0.25) is 4.79 Å². The summed E-state index contributed by atoms with van der Waals surface area (Å²) in [6.45, 7) is 7.03. The SMILES string of the molecule is CC(C)(C)SCCNC(=O)c1ccccc1SCc1occc1C(=O)O. The molecule has 26 heavy (non-hydrogen) atoms. The Hall–Kier alpha value is -1.86. The number of nitrogens with one attached hydrogen (secondary N) is 1. The molecule has 0 spiro atoms. The summed E-state index contributed by atoms with van der Waals surface area (Å²) in [5.41, 5.74) is 0.736. The lowest BCUT2D eigenvalue weighted by Gasteiger charge is -2.17. The molecule has 0 fully saturated rings. The van der Waals surface area contributed by atoms with Gasteiger partial charge in [-0.2, -0.15) is 11.8 Å². The van der Waals surface area contributed by atoms with E-state index in [1.165, 1.54) is 24.1 Å². The van der Waals surface area contributed by atoms with Crippen molar-refractivity contribution in [1.29, 1.82) is 0 Å². The zero-order valence-electron chi connectivity index (χ0n) is 15.1. The number of thioether (sulfide) groups is 2. The second-order valence-electron chi connectivity index (χ2n) is 6.56. The average molecular weight is 394 g/mol. The topological polar surface area (TPSA) is 79.5 Å². The van der Waals surface area contributed by atoms with Gasteiger partial charge in [-0.1, -0.05) is 32.9 Å². The number of carboxylic acids is 1. The molecule has 1 amide bonds. The van der Waals surface area contributed by atoms with E-state index in [9.17, 15) is 9.59 Å². The van der Waals surface area contributed by atoms with Crippen molar-refractivity contribution < 1.29 is 19.1 Å². The third-order valence-electron chi connectivity index (χ3n) is 3.39. The number of benzene rings is 1. The standard InChI is InChI=1S/C19H23NO4S2/c1-19(2,3)26-11-9-20-17(21)14-6-4-5-7-16(14)25-12-15-13(18(22)23)8-10-24-15/h4-8,10H,9,11-12H2,1-3H3,(H,20,21)(H,22,23). The van der Waals surface area contributed by atoms with Crippen LogP contribution in [-0.2, 0) is 5.75 Å². The molecule has 0 aliphatic rings. The van der Waals surface area contributed by atoms with E-state index < -0.39 is 5.97 Å². The molecule has 7 heteroatoms. The van der Waals surface area contributed by atoms with Crippen molar-refractivity contribution in [3.63, 3.8) is 0 Å². The van der Waals surface area contributed by atoms with Crippen molar-refractivity contribution >= 4 is 35.4 Å². The number of furan rings is 1. The highest BCUT2D eigenvalue weighted by molar-refractivity contribution is 8.00. The van der Waals surface area contributed by atoms with Gasteiger partial charge in [-0.15, -0.1) is 11.8 Å². The predicted octanol–water partition coefficient (Wildman–Crippen LogP) is 4.53. The van der Waals surface area contributed by atoms with Crippen LogP contribution in [0.2, 0.25) is 0 Å². The molecule has 0 radical (unpaired) electrons. The smallest absolute Gasteiger partial charge is 0.339 e. The Kier molecular flexibility index (Phi) is 7.23. The average Bonchev–Trinajstić information content (AvgIpc) is 3.05. The maximum absolute atomic E-state index is 12.5. The van der Waals surface area contributed by atoms with Crippen molar-refractivity contribution in [3.05, 3.63) is 53.5 Å². The van der Waals surface area contributed by atoms with E-state index in [0.717, 1.165) is 10.6 Å². The van der Waals surface area contributed by atoms with E-state index in [4.69, 9.17) is 9.52 Å². The summed E-state index contributed by atoms with van der Waals surface area (Å²) in [5.74, 6) is 0.439. The van der Waals surface area contributed by atoms with Gasteiger partial charge in [0.15, 0.2) is 0 Å². The fourth-order valence-electron chi connectivity index (χ4n) is 2.18. The summed E-state index contributed by atoms with van der Waals surface area (Å²) in [4.78, 5) is 24.4. The first-order valence-corrected chi connectivity index (χ1v) is 10.2. The van der Waals surface area contributed by atoms with Crippen LogP contribution in [0.25, 0.3) is 0 Å². The van der Waals surface area contributed by atoms with Crippen LogP contribution in [0, 0.1) is 0 Å². The lowest BCUT2D eigenvalue weighted by Crippen LogP contribution is -2.27. The molecule has 2 aromatic rings. The van der Waals surface area contributed by atoms with Crippen molar-refractivity contribution in [3.8, 4) is 0 Å². The monoisotopic (exact) mass is 393 g/mol. The summed E-state index contributed by atoms with van der Waals surface area (Å²) in [7, 11) is 0. The van der Waals surface area contributed by atoms with E-state index in [0.29, 0.717) is 23.6 Å². The first-order valence-electron chi connectivity index (χ1n) is 8.21. The van der Waals surface area contributed by atoms with Crippen molar-refractivity contribution in [2.75, 3.05) is 12.3 Å². The molecule has 0 aliphatic carbocycles. The Labute approximate surface area is 161 Å². The molecule has 1 aromatic carbocycles. The van der Waals surface area contributed by atoms with Crippen LogP contribution >= 0.6 is 23.5 Å². The molecule has 0 bridgehead atoms. The molecule has 2 N–H and O–H groups in total. The Morgan fingerprint density at radius 1 is 1.15 bits per heavy atom. The summed E-state index contributed by atoms with van der Waals surface area (Å²) >= 11 is 3.18. The summed E-state index contributed by atoms with van der Waals surface area (Å²) in [6.07, 6.45) is 1.37. The minimum Gasteiger partial charge on any atom is -0.478 e. The molecular weight excluding hydrogens is 370 g/mol. The van der Waals surface area contributed by atoms with Gasteiger partial charge < -0.3 is 14.8 Å². The van der Waals surface area contributed by atoms with Gasteiger partial charge in [0.25, 0.3) is 5.91 Å². The van der Waals surface area contributed by atoms with Gasteiger partial charge in [0.05, 0.1) is 17.6 Å². The minimum atomic E-state index is -1.02. The molecule has 0 unspecified atom stereocenters. The molecule has 0 saturated heterocycles. The zero-order valence-corrected chi connectivity index (χ0v) is 16.7. The number of carboxylic acid groups (broad SMARTS) is 1. The lowest BCUT2D eigenvalue weighted by molar-refractivity contribution is 0.0694. The molecule has 0 atom stereocenters. The van der Waals surface area contributed by atoms with Crippen molar-refractivity contribution in [2.24, 2.45) is 0 Å². The zero-order chi connectivity index (χ0) is 19.2. The van der Waals surface area contributed by atoms with Crippen LogP contribution in [0.15, 0.2) is 45.9 Å². The highest BCUT2D eigenvalue weighted by atomic mass is 32.2. The van der Waals surface area contributed by atoms with Crippen LogP contribution in [0.4, 0.5) is 0 Å². The number of carbonyl (C=O) groups is 2. The van der Waals surface area contributed by atoms with E-state index in [2.05, 4.69) is 26.1 Å². The van der Waals surface area contributed by atoms with Gasteiger partial charge in [-0.05, 0) is 18.2 Å². The Bertz CT molecular complexity index is 765. The number of hydrogen-bond acceptors (Lipinski definition) is 5. The number of rotatable bonds is 8. The van der Waals surface area contributed by atoms with E-state index in [1.54, 1.807) is 17.8 Å². The molecule has 0 aliphatic heterocycles. The normalized spacial score (nSPS) is 11.3. The third-order valence-corrected chi connectivity index (χ3v) is 5.74. The van der Waals surface area contributed by atoms with Gasteiger partial charge in [0, 0.05) is 21.9 Å². The highest BCUT2D eigenvalue weighted by Crippen LogP contribution is 2.28. The third kappa shape index (κ3) is 6.14. The van der Waals surface area contributed by atoms with Crippen molar-refractivity contribution in [1.82, 2.24) is 5.32 Å². The number of carbonyl (C=O) groups excluding carboxylic acids is 1. The molecule has 2 rings (SSSR count). The van der Waals surface area contributed by atoms with Crippen LogP contribution < -0.4 is 5.32 Å². The summed E-state index contributed by atoms with van der Waals surface area (Å²) in [6, 6.07) is 8.73. The fraction of sp³-hybridized carbons (Fsp3) is 0.368. The minimum absolute atomic E-state index is 0.125. The van der Waals surface area contributed by atoms with Crippen LogP contribution in [-0.4, -0.2) is 34.0 Å². The fourth-order valence-corrected chi connectivity index (χ4v) is 4.00. The van der Waals surface area contributed by atoms with Gasteiger partial charge >= 0.3 is 5.97 Å². The Morgan fingerprint density at radius 2 is 1.88 bits per heavy atom. The number of hydrogen-bond donors (Lipinski definition) is 2. The molecule has 0 saturated carbocycles. The maximum Gasteiger partial charge on any atom is 0.339 e. The Balaban J connectivity index is 1.97. The van der Waals surface area contributed by atoms with E-state index >= 15 is 0 Å². The number of aromatic carboxylic acids is 1. The van der Waals surface area contributed by atoms with Gasteiger partial charge in [-0.25, -0.2) is 4.79 Å². The maximum atomic E-state index is 12.5. The summed E-state index contributed by atoms with van der Waals surface area (Å²) < 4.78 is 5.42. The molecule has 1 heterocycles. The summed E-state index contributed by atoms with van der Waals surface area (Å²) in [5, 5.41) is 12.1. The quantitative estimate of drug-likeness (QED) is 0.507. The van der Waals surface area contributed by atoms with Crippen LogP contribution in [0.1, 0.15) is 47.2 Å². The molecular formula is C19H23NO4S2. The Morgan fingerprint density at radius 3 is 2.58 bits per heavy atom. The van der Waals surface area contributed by atoms with E-state index in [-0.39, 0.29) is 16.2 Å². The van der Waals surface area contributed by atoms with E-state index in [1.807, 2.05) is 18.2 Å². The van der Waals surface area contributed by atoms with Gasteiger partial charge in [0.2, 0.25) is 0 Å². The second-order valence-corrected chi connectivity index (χ2v) is 9.50. The first-order chi connectivity index (χ1) is 12.3. The molecule has 5 nitrogen and oxygen atoms in total. The molecule has 140 valence electrons.